The van der Waals surface area contributed by atoms with E-state index >= 15 is 0 Å². The summed E-state index contributed by atoms with van der Waals surface area (Å²) in [6, 6.07) is -0.287. The number of aromatic hydroxyl groups is 1. The van der Waals surface area contributed by atoms with E-state index in [0.29, 0.717) is 39.5 Å². The van der Waals surface area contributed by atoms with Gasteiger partial charge in [-0.25, -0.2) is 0 Å². The number of carbonyl (C=O) groups is 8. The zero-order valence-electron chi connectivity index (χ0n) is 46.6. The van der Waals surface area contributed by atoms with E-state index in [1.165, 1.54) is 25.3 Å². The van der Waals surface area contributed by atoms with Crippen LogP contribution in [0.4, 0.5) is 0 Å². The number of phenolic OH excluding ortho intramolecular Hbond substituents is 1. The molecule has 0 radical (unpaired) electrons. The molecular formula is C54H73N9O21S. The number of nitrogens with zero attached hydrogens (tertiary/aromatic N) is 3. The Hall–Kier alpha value is -7.62. The first kappa shape index (κ1) is 66.5. The number of fused-ring (bicyclic) bond motifs is 2. The van der Waals surface area contributed by atoms with Gasteiger partial charge in [0.15, 0.2) is 11.5 Å². The molecule has 14 atom stereocenters. The Kier molecular flexibility index (Phi) is 23.1. The number of aliphatic hydroxyl groups excluding tert-OH is 7. The summed E-state index contributed by atoms with van der Waals surface area (Å²) in [7, 11) is -5.33. The number of hydrogen-bond donors (Lipinski definition) is 15. The molecule has 31 heteroatoms. The third-order valence-electron chi connectivity index (χ3n) is 14.6. The quantitative estimate of drug-likeness (QED) is 0.0406. The van der Waals surface area contributed by atoms with E-state index < -0.39 is 199 Å². The number of hydrogen-bond acceptors (Lipinski definition) is 21. The summed E-state index contributed by atoms with van der Waals surface area (Å²) in [5.74, 6) is -12.5. The molecule has 3 saturated heterocycles. The monoisotopic (exact) mass is 1220 g/mol. The highest BCUT2D eigenvalue weighted by Crippen LogP contribution is 2.33. The first-order valence-corrected chi connectivity index (χ1v) is 28.8. The molecule has 466 valence electrons. The molecule has 3 aliphatic rings. The van der Waals surface area contributed by atoms with Crippen LogP contribution in [0.3, 0.4) is 0 Å². The maximum atomic E-state index is 14.6. The van der Waals surface area contributed by atoms with Crippen LogP contribution in [0.1, 0.15) is 94.2 Å². The van der Waals surface area contributed by atoms with Crippen LogP contribution in [0.5, 0.6) is 17.2 Å². The average Bonchev–Trinajstić information content (AvgIpc) is 2.93. The fourth-order valence-corrected chi connectivity index (χ4v) is 10.4. The van der Waals surface area contributed by atoms with Crippen molar-refractivity contribution in [1.29, 1.82) is 0 Å². The Morgan fingerprint density at radius 1 is 0.800 bits per heavy atom. The fourth-order valence-electron chi connectivity index (χ4n) is 10.0. The number of aliphatic hydroxyl groups is 7. The number of carbonyl (C=O) groups excluding carboxylic acids is 8. The topological polar surface area (TPSA) is 477 Å². The molecule has 2 aromatic carbocycles. The number of aromatic nitrogens is 1. The summed E-state index contributed by atoms with van der Waals surface area (Å²) in [5.41, 5.74) is 5.81. The van der Waals surface area contributed by atoms with Crippen molar-refractivity contribution < 1.29 is 101 Å². The maximum absolute atomic E-state index is 14.6. The van der Waals surface area contributed by atoms with Gasteiger partial charge in [-0.2, -0.15) is 8.42 Å². The molecule has 8 amide bonds. The summed E-state index contributed by atoms with van der Waals surface area (Å²) in [6.45, 7) is 3.25. The van der Waals surface area contributed by atoms with Crippen LogP contribution in [0.2, 0.25) is 0 Å². The number of amides is 8. The number of ether oxygens (including phenoxy) is 1. The average molecular weight is 1220 g/mol. The zero-order valence-corrected chi connectivity index (χ0v) is 47.4. The van der Waals surface area contributed by atoms with Gasteiger partial charge >= 0.3 is 10.4 Å². The van der Waals surface area contributed by atoms with Crippen LogP contribution in [0.15, 0.2) is 60.8 Å². The Bertz CT molecular complexity index is 2990. The predicted molar refractivity (Wildman–Crippen MR) is 294 cm³/mol. The third-order valence-corrected chi connectivity index (χ3v) is 15.0. The number of phenols is 1. The minimum Gasteiger partial charge on any atom is -0.504 e. The van der Waals surface area contributed by atoms with Gasteiger partial charge in [0.25, 0.3) is 5.91 Å². The summed E-state index contributed by atoms with van der Waals surface area (Å²) in [4.78, 5) is 119. The van der Waals surface area contributed by atoms with Crippen molar-refractivity contribution in [3.8, 4) is 28.5 Å². The highest BCUT2D eigenvalue weighted by molar-refractivity contribution is 7.81. The molecule has 85 heavy (non-hydrogen) atoms. The van der Waals surface area contributed by atoms with Crippen molar-refractivity contribution in [2.45, 2.75) is 151 Å². The Labute approximate surface area is 488 Å². The molecule has 0 spiro atoms. The maximum Gasteiger partial charge on any atom is 0.446 e. The normalized spacial score (nSPS) is 26.2. The largest absolute Gasteiger partial charge is 0.504 e. The number of nitrogens with two attached hydrogens (primary N) is 1. The number of benzene rings is 2. The van der Waals surface area contributed by atoms with E-state index in [1.54, 1.807) is 24.3 Å². The van der Waals surface area contributed by atoms with Gasteiger partial charge < -0.3 is 91.9 Å². The van der Waals surface area contributed by atoms with Crippen LogP contribution >= 0.6 is 0 Å². The molecule has 5 unspecified atom stereocenters. The molecule has 4 heterocycles. The second-order valence-corrected chi connectivity index (χ2v) is 22.3. The number of primary amides is 1. The third kappa shape index (κ3) is 17.5. The van der Waals surface area contributed by atoms with Gasteiger partial charge in [-0.05, 0) is 67.4 Å². The molecule has 6 rings (SSSR count). The van der Waals surface area contributed by atoms with Crippen molar-refractivity contribution in [3.63, 3.8) is 0 Å². The summed E-state index contributed by atoms with van der Waals surface area (Å²) in [5, 5.41) is 101. The Morgan fingerprint density at radius 3 is 2.09 bits per heavy atom. The van der Waals surface area contributed by atoms with Crippen LogP contribution in [0.25, 0.3) is 11.3 Å². The summed E-state index contributed by atoms with van der Waals surface area (Å²) in [6.07, 6.45) is -10.1. The fraction of sp³-hybridized carbons (Fsp3) is 0.537. The molecule has 30 nitrogen and oxygen atoms in total. The van der Waals surface area contributed by atoms with E-state index in [1.807, 2.05) is 0 Å². The van der Waals surface area contributed by atoms with E-state index in [-0.39, 0.29) is 5.56 Å². The first-order chi connectivity index (χ1) is 40.1. The second-order valence-electron chi connectivity index (χ2n) is 21.3. The van der Waals surface area contributed by atoms with Gasteiger partial charge in [0, 0.05) is 50.2 Å². The van der Waals surface area contributed by atoms with Gasteiger partial charge in [-0.3, -0.25) is 47.9 Å². The van der Waals surface area contributed by atoms with Crippen molar-refractivity contribution in [2.24, 2.45) is 11.7 Å². The number of β-amino-alcohol motifs (C(OH)–C–C–N with tert-alkyl or cyclic N) is 1. The lowest BCUT2D eigenvalue weighted by Gasteiger charge is -2.34. The molecule has 1 aromatic heterocycles. The van der Waals surface area contributed by atoms with Gasteiger partial charge in [0.1, 0.15) is 54.2 Å². The van der Waals surface area contributed by atoms with Gasteiger partial charge in [0.2, 0.25) is 41.4 Å². The number of rotatable bonds is 19. The zero-order chi connectivity index (χ0) is 62.6. The van der Waals surface area contributed by atoms with Gasteiger partial charge in [-0.15, -0.1) is 0 Å². The van der Waals surface area contributed by atoms with Crippen LogP contribution in [-0.2, 0) is 44.0 Å². The van der Waals surface area contributed by atoms with Crippen LogP contribution < -0.4 is 41.2 Å². The molecule has 0 saturated carbocycles. The Balaban J connectivity index is 1.35. The smallest absolute Gasteiger partial charge is 0.446 e. The van der Waals surface area contributed by atoms with Crippen molar-refractivity contribution >= 4 is 57.7 Å². The summed E-state index contributed by atoms with van der Waals surface area (Å²) >= 11 is 0. The lowest BCUT2D eigenvalue weighted by atomic mass is 9.96. The number of nitrogens with one attached hydrogen (secondary N) is 5. The van der Waals surface area contributed by atoms with Crippen molar-refractivity contribution in [1.82, 2.24) is 41.4 Å². The predicted octanol–water partition coefficient (Wildman–Crippen LogP) is -3.70. The van der Waals surface area contributed by atoms with Gasteiger partial charge in [-0.1, -0.05) is 45.6 Å². The van der Waals surface area contributed by atoms with E-state index in [2.05, 4.69) is 42.7 Å². The molecule has 0 bridgehead atoms. The highest BCUT2D eigenvalue weighted by Gasteiger charge is 2.50. The SMILES string of the molecule is CCCCCCCOc1ccc(-c2ccc(C(=O)N[C@H]3C[C@H](O)CNC(=O)C4[C@@H](O)[C@@H](C)CN4C(=O)C([C@H](O)CC(N)=O)NC(=O)C([C@H](O)[C@@H](O)c4ccc(O)c(OS(=O)(=O)O)c4)NC(=O)C4C[C@@H](O)CN4C(=O)C([C@@H](C)O)NC3=O)cn2)cc1. The van der Waals surface area contributed by atoms with E-state index in [4.69, 9.17) is 10.5 Å². The molecule has 3 aliphatic heterocycles. The van der Waals surface area contributed by atoms with Crippen molar-refractivity contribution in [2.75, 3.05) is 26.2 Å². The minimum absolute atomic E-state index is 0.0935. The lowest BCUT2D eigenvalue weighted by molar-refractivity contribution is -0.148. The van der Waals surface area contributed by atoms with Crippen molar-refractivity contribution in [3.05, 3.63) is 71.9 Å². The van der Waals surface area contributed by atoms with Crippen LogP contribution in [0, 0.1) is 5.92 Å². The summed E-state index contributed by atoms with van der Waals surface area (Å²) < 4.78 is 42.5. The molecule has 3 fully saturated rings. The number of unbranched alkanes of at least 4 members (excludes halogenated alkanes) is 4. The standard InChI is InChI=1S/C54H73N9O21S/c1-4-5-6-7-8-17-83-33-13-9-28(10-14-33)34-15-11-30(22-56-34)48(73)58-35-19-31(65)23-57-52(77)44-45(70)26(2)24-63(44)54(79)42(38(68)21-40(55)69)60-51(76)43(47(72)46(71)29-12-16-37(67)39(18-29)84-85(80,81)82)61-50(75)36-20-32(66)25-62(36)53(78)41(27(3)64)59-49(35)74/h9-16,18,22,26-27,31-32,35-36,38,41-47,64-68,70-72H,4-8,17,19-21,23-25H2,1-3H3,(H2,55,69)(H,57,77)(H,58,73)(H,59,74)(H,60,76)(H,61,75)(H,80,81,82)/t26-,27+,31-,32+,35-,36?,38+,41?,42?,43?,44?,45-,46-,47-/m0/s1. The lowest BCUT2D eigenvalue weighted by Crippen LogP contribution is -2.64. The molecule has 16 N–H and O–H groups in total. The van der Waals surface area contributed by atoms with E-state index in [9.17, 15) is 92.2 Å². The second kappa shape index (κ2) is 29.5. The number of pyridine rings is 1. The molecule has 0 aliphatic carbocycles. The van der Waals surface area contributed by atoms with Crippen LogP contribution in [-0.4, -0.2) is 215 Å². The molecular weight excluding hydrogens is 1140 g/mol. The van der Waals surface area contributed by atoms with Gasteiger partial charge in [0.05, 0.1) is 54.8 Å². The highest BCUT2D eigenvalue weighted by atomic mass is 32.3. The van der Waals surface area contributed by atoms with E-state index in [0.717, 1.165) is 51.2 Å². The first-order valence-electron chi connectivity index (χ1n) is 27.4. The Morgan fingerprint density at radius 2 is 1.46 bits per heavy atom. The molecule has 3 aromatic rings. The minimum atomic E-state index is -5.33.